The van der Waals surface area contributed by atoms with Crippen LogP contribution in [0, 0.1) is 6.92 Å². The van der Waals surface area contributed by atoms with Gasteiger partial charge in [0.05, 0.1) is 17.0 Å². The van der Waals surface area contributed by atoms with E-state index in [0.29, 0.717) is 13.1 Å². The van der Waals surface area contributed by atoms with Crippen molar-refractivity contribution in [3.63, 3.8) is 0 Å². The van der Waals surface area contributed by atoms with E-state index >= 15 is 0 Å². The number of carbonyl (C=O) groups is 1. The van der Waals surface area contributed by atoms with Crippen LogP contribution in [0.2, 0.25) is 0 Å². The summed E-state index contributed by atoms with van der Waals surface area (Å²) in [6.07, 6.45) is 0.138. The van der Waals surface area contributed by atoms with Crippen molar-refractivity contribution < 1.29 is 18.3 Å². The van der Waals surface area contributed by atoms with Gasteiger partial charge in [0.25, 0.3) is 0 Å². The summed E-state index contributed by atoms with van der Waals surface area (Å²) in [7, 11) is -3.67. The molecule has 2 N–H and O–H groups in total. The molecular formula is C19H24N2O4S. The predicted octanol–water partition coefficient (Wildman–Crippen LogP) is 2.91. The van der Waals surface area contributed by atoms with Crippen molar-refractivity contribution in [3.8, 4) is 5.75 Å². The molecule has 140 valence electrons. The molecule has 0 fully saturated rings. The topological polar surface area (TPSA) is 86.7 Å². The quantitative estimate of drug-likeness (QED) is 0.728. The van der Waals surface area contributed by atoms with Crippen LogP contribution in [0.3, 0.4) is 0 Å². The SMILES string of the molecule is CCN(CC)S(=O)(=O)c1ccc(O)c(NC(=O)Cc2ccccc2C)c1. The highest BCUT2D eigenvalue weighted by molar-refractivity contribution is 7.89. The van der Waals surface area contributed by atoms with Gasteiger partial charge >= 0.3 is 0 Å². The number of anilines is 1. The molecule has 0 aromatic heterocycles. The van der Waals surface area contributed by atoms with Gasteiger partial charge in [0.2, 0.25) is 15.9 Å². The lowest BCUT2D eigenvalue weighted by molar-refractivity contribution is -0.115. The minimum absolute atomic E-state index is 0.0326. The van der Waals surface area contributed by atoms with Crippen LogP contribution in [0.25, 0.3) is 0 Å². The molecule has 1 amide bonds. The molecule has 0 saturated carbocycles. The Hall–Kier alpha value is -2.38. The Morgan fingerprint density at radius 1 is 1.12 bits per heavy atom. The molecule has 0 atom stereocenters. The van der Waals surface area contributed by atoms with E-state index in [9.17, 15) is 18.3 Å². The second-order valence-corrected chi connectivity index (χ2v) is 7.86. The number of sulfonamides is 1. The molecule has 26 heavy (non-hydrogen) atoms. The fraction of sp³-hybridized carbons (Fsp3) is 0.316. The number of amides is 1. The van der Waals surface area contributed by atoms with Gasteiger partial charge in [-0.1, -0.05) is 38.1 Å². The summed E-state index contributed by atoms with van der Waals surface area (Å²) in [5, 5.41) is 12.6. The van der Waals surface area contributed by atoms with Gasteiger partial charge < -0.3 is 10.4 Å². The molecule has 2 aromatic rings. The average Bonchev–Trinajstić information content (AvgIpc) is 2.59. The number of aromatic hydroxyl groups is 1. The van der Waals surface area contributed by atoms with E-state index in [-0.39, 0.29) is 28.7 Å². The summed E-state index contributed by atoms with van der Waals surface area (Å²) in [6, 6.07) is 11.4. The maximum Gasteiger partial charge on any atom is 0.243 e. The van der Waals surface area contributed by atoms with Gasteiger partial charge in [-0.15, -0.1) is 0 Å². The van der Waals surface area contributed by atoms with E-state index in [1.807, 2.05) is 31.2 Å². The van der Waals surface area contributed by atoms with Gasteiger partial charge in [0.15, 0.2) is 0 Å². The minimum Gasteiger partial charge on any atom is -0.506 e. The molecule has 0 saturated heterocycles. The standard InChI is InChI=1S/C19H24N2O4S/c1-4-21(5-2)26(24,25)16-10-11-18(22)17(13-16)20-19(23)12-15-9-7-6-8-14(15)3/h6-11,13,22H,4-5,12H2,1-3H3,(H,20,23). The molecule has 0 bridgehead atoms. The average molecular weight is 376 g/mol. The first-order valence-corrected chi connectivity index (χ1v) is 9.91. The second kappa shape index (κ2) is 8.33. The van der Waals surface area contributed by atoms with Gasteiger partial charge in [0.1, 0.15) is 5.75 Å². The van der Waals surface area contributed by atoms with E-state index < -0.39 is 10.0 Å². The Morgan fingerprint density at radius 2 is 1.77 bits per heavy atom. The van der Waals surface area contributed by atoms with Crippen molar-refractivity contribution in [3.05, 3.63) is 53.6 Å². The lowest BCUT2D eigenvalue weighted by atomic mass is 10.1. The number of nitrogens with one attached hydrogen (secondary N) is 1. The van der Waals surface area contributed by atoms with Crippen LogP contribution < -0.4 is 5.32 Å². The normalized spacial score (nSPS) is 11.5. The number of rotatable bonds is 7. The highest BCUT2D eigenvalue weighted by Gasteiger charge is 2.23. The summed E-state index contributed by atoms with van der Waals surface area (Å²) in [5.74, 6) is -0.506. The molecule has 0 unspecified atom stereocenters. The van der Waals surface area contributed by atoms with Crippen LogP contribution in [0.5, 0.6) is 5.75 Å². The molecule has 2 rings (SSSR count). The van der Waals surface area contributed by atoms with Crippen LogP contribution in [-0.4, -0.2) is 36.8 Å². The first kappa shape index (κ1) is 19.9. The zero-order valence-corrected chi connectivity index (χ0v) is 16.0. The van der Waals surface area contributed by atoms with Crippen molar-refractivity contribution in [1.82, 2.24) is 4.31 Å². The van der Waals surface area contributed by atoms with E-state index in [4.69, 9.17) is 0 Å². The highest BCUT2D eigenvalue weighted by Crippen LogP contribution is 2.28. The maximum absolute atomic E-state index is 12.6. The number of phenolic OH excluding ortho intramolecular Hbond substituents is 1. The van der Waals surface area contributed by atoms with Crippen molar-refractivity contribution >= 4 is 21.6 Å². The summed E-state index contributed by atoms with van der Waals surface area (Å²) >= 11 is 0. The van der Waals surface area contributed by atoms with Crippen molar-refractivity contribution in [2.24, 2.45) is 0 Å². The lowest BCUT2D eigenvalue weighted by Gasteiger charge is -2.19. The van der Waals surface area contributed by atoms with Crippen LogP contribution in [0.4, 0.5) is 5.69 Å². The molecule has 0 aliphatic heterocycles. The largest absolute Gasteiger partial charge is 0.506 e. The summed E-state index contributed by atoms with van der Waals surface area (Å²) < 4.78 is 26.5. The first-order valence-electron chi connectivity index (χ1n) is 8.47. The molecule has 0 aliphatic carbocycles. The fourth-order valence-corrected chi connectivity index (χ4v) is 4.15. The van der Waals surface area contributed by atoms with Crippen molar-refractivity contribution in [2.75, 3.05) is 18.4 Å². The number of hydrogen-bond acceptors (Lipinski definition) is 4. The molecule has 6 nitrogen and oxygen atoms in total. The number of aryl methyl sites for hydroxylation is 1. The van der Waals surface area contributed by atoms with Gasteiger partial charge in [-0.25, -0.2) is 8.42 Å². The zero-order valence-electron chi connectivity index (χ0n) is 15.2. The first-order chi connectivity index (χ1) is 12.3. The van der Waals surface area contributed by atoms with Gasteiger partial charge in [-0.2, -0.15) is 4.31 Å². The van der Waals surface area contributed by atoms with Crippen LogP contribution >= 0.6 is 0 Å². The molecule has 0 spiro atoms. The van der Waals surface area contributed by atoms with Gasteiger partial charge in [-0.3, -0.25) is 4.79 Å². The number of carbonyl (C=O) groups excluding carboxylic acids is 1. The van der Waals surface area contributed by atoms with E-state index in [2.05, 4.69) is 5.32 Å². The third-order valence-corrected chi connectivity index (χ3v) is 6.24. The summed E-state index contributed by atoms with van der Waals surface area (Å²) in [5.41, 5.74) is 1.94. The predicted molar refractivity (Wildman–Crippen MR) is 102 cm³/mol. The molecule has 7 heteroatoms. The minimum atomic E-state index is -3.67. The smallest absolute Gasteiger partial charge is 0.243 e. The Labute approximate surface area is 154 Å². The summed E-state index contributed by atoms with van der Waals surface area (Å²) in [6.45, 7) is 6.11. The lowest BCUT2D eigenvalue weighted by Crippen LogP contribution is -2.30. The van der Waals surface area contributed by atoms with Crippen LogP contribution in [-0.2, 0) is 21.2 Å². The van der Waals surface area contributed by atoms with Gasteiger partial charge in [0, 0.05) is 13.1 Å². The van der Waals surface area contributed by atoms with E-state index in [0.717, 1.165) is 11.1 Å². The maximum atomic E-state index is 12.6. The summed E-state index contributed by atoms with van der Waals surface area (Å²) in [4.78, 5) is 12.3. The molecule has 0 heterocycles. The molecule has 0 radical (unpaired) electrons. The Bertz CT molecular complexity index is 890. The highest BCUT2D eigenvalue weighted by atomic mass is 32.2. The number of phenols is 1. The fourth-order valence-electron chi connectivity index (χ4n) is 2.66. The monoisotopic (exact) mass is 376 g/mol. The Kier molecular flexibility index (Phi) is 6.39. The molecule has 2 aromatic carbocycles. The van der Waals surface area contributed by atoms with Gasteiger partial charge in [-0.05, 0) is 36.2 Å². The van der Waals surface area contributed by atoms with Crippen LogP contribution in [0.1, 0.15) is 25.0 Å². The molecule has 0 aliphatic rings. The second-order valence-electron chi connectivity index (χ2n) is 5.92. The molecular weight excluding hydrogens is 352 g/mol. The number of benzene rings is 2. The van der Waals surface area contributed by atoms with Crippen molar-refractivity contribution in [2.45, 2.75) is 32.1 Å². The Balaban J connectivity index is 2.25. The zero-order chi connectivity index (χ0) is 19.3. The van der Waals surface area contributed by atoms with E-state index in [1.165, 1.54) is 22.5 Å². The number of nitrogens with zero attached hydrogens (tertiary/aromatic N) is 1. The number of hydrogen-bond donors (Lipinski definition) is 2. The third kappa shape index (κ3) is 4.42. The third-order valence-electron chi connectivity index (χ3n) is 4.20. The van der Waals surface area contributed by atoms with Crippen molar-refractivity contribution in [1.29, 1.82) is 0 Å². The van der Waals surface area contributed by atoms with Crippen LogP contribution in [0.15, 0.2) is 47.4 Å². The van der Waals surface area contributed by atoms with E-state index in [1.54, 1.807) is 13.8 Å². The Morgan fingerprint density at radius 3 is 2.38 bits per heavy atom.